The lowest BCUT2D eigenvalue weighted by Crippen LogP contribution is -2.50. The summed E-state index contributed by atoms with van der Waals surface area (Å²) in [6.45, 7) is 10.8. The molecule has 3 nitrogen and oxygen atoms in total. The second-order valence-corrected chi connectivity index (χ2v) is 5.10. The van der Waals surface area contributed by atoms with Crippen molar-refractivity contribution in [2.75, 3.05) is 26.2 Å². The fraction of sp³-hybridized carbons (Fsp3) is 1.00. The van der Waals surface area contributed by atoms with Gasteiger partial charge < -0.3 is 10.5 Å². The SMILES string of the molecule is CCCC(C)CC(N)C1CN(CC)CCO1. The summed E-state index contributed by atoms with van der Waals surface area (Å²) in [6, 6.07) is 0.205. The van der Waals surface area contributed by atoms with Crippen LogP contribution in [0.2, 0.25) is 0 Å². The Hall–Kier alpha value is -0.120. The van der Waals surface area contributed by atoms with E-state index in [0.29, 0.717) is 0 Å². The minimum absolute atomic E-state index is 0.205. The maximum Gasteiger partial charge on any atom is 0.0853 e. The molecular formula is C13H28N2O. The van der Waals surface area contributed by atoms with E-state index in [4.69, 9.17) is 10.5 Å². The molecule has 3 heteroatoms. The Morgan fingerprint density at radius 2 is 2.19 bits per heavy atom. The number of hydrogen-bond acceptors (Lipinski definition) is 3. The zero-order valence-electron chi connectivity index (χ0n) is 11.1. The second kappa shape index (κ2) is 7.25. The summed E-state index contributed by atoms with van der Waals surface area (Å²) in [5.41, 5.74) is 6.24. The third kappa shape index (κ3) is 4.40. The largest absolute Gasteiger partial charge is 0.374 e. The number of nitrogens with two attached hydrogens (primary N) is 1. The minimum atomic E-state index is 0.205. The van der Waals surface area contributed by atoms with Gasteiger partial charge in [0, 0.05) is 19.1 Å². The van der Waals surface area contributed by atoms with Crippen molar-refractivity contribution in [2.45, 2.75) is 52.2 Å². The van der Waals surface area contributed by atoms with E-state index in [0.717, 1.165) is 38.6 Å². The van der Waals surface area contributed by atoms with E-state index in [1.54, 1.807) is 0 Å². The van der Waals surface area contributed by atoms with Crippen molar-refractivity contribution in [3.63, 3.8) is 0 Å². The lowest BCUT2D eigenvalue weighted by molar-refractivity contribution is -0.0418. The van der Waals surface area contributed by atoms with E-state index in [2.05, 4.69) is 25.7 Å². The quantitative estimate of drug-likeness (QED) is 0.754. The van der Waals surface area contributed by atoms with Gasteiger partial charge in [0.05, 0.1) is 12.7 Å². The molecule has 1 fully saturated rings. The van der Waals surface area contributed by atoms with Gasteiger partial charge in [-0.15, -0.1) is 0 Å². The summed E-state index contributed by atoms with van der Waals surface area (Å²) < 4.78 is 5.78. The minimum Gasteiger partial charge on any atom is -0.374 e. The predicted octanol–water partition coefficient (Wildman–Crippen LogP) is 1.86. The number of likely N-dealkylation sites (N-methyl/N-ethyl adjacent to an activating group) is 1. The third-order valence-corrected chi connectivity index (χ3v) is 3.56. The van der Waals surface area contributed by atoms with E-state index in [-0.39, 0.29) is 12.1 Å². The molecule has 0 radical (unpaired) electrons. The first-order valence-corrected chi connectivity index (χ1v) is 6.76. The first-order chi connectivity index (χ1) is 7.67. The Bertz CT molecular complexity index is 187. The highest BCUT2D eigenvalue weighted by molar-refractivity contribution is 4.81. The zero-order chi connectivity index (χ0) is 12.0. The highest BCUT2D eigenvalue weighted by atomic mass is 16.5. The van der Waals surface area contributed by atoms with Crippen LogP contribution in [0.15, 0.2) is 0 Å². The smallest absolute Gasteiger partial charge is 0.0853 e. The van der Waals surface area contributed by atoms with Crippen LogP contribution >= 0.6 is 0 Å². The number of nitrogens with zero attached hydrogens (tertiary/aromatic N) is 1. The van der Waals surface area contributed by atoms with Crippen molar-refractivity contribution < 1.29 is 4.74 Å². The van der Waals surface area contributed by atoms with Crippen molar-refractivity contribution in [1.29, 1.82) is 0 Å². The van der Waals surface area contributed by atoms with E-state index < -0.39 is 0 Å². The average Bonchev–Trinajstić information content (AvgIpc) is 2.29. The third-order valence-electron chi connectivity index (χ3n) is 3.56. The Morgan fingerprint density at radius 1 is 1.44 bits per heavy atom. The number of morpholine rings is 1. The summed E-state index contributed by atoms with van der Waals surface area (Å²) in [5, 5.41) is 0. The van der Waals surface area contributed by atoms with Crippen molar-refractivity contribution in [1.82, 2.24) is 4.90 Å². The summed E-state index contributed by atoms with van der Waals surface area (Å²) in [4.78, 5) is 2.43. The van der Waals surface area contributed by atoms with Gasteiger partial charge in [-0.3, -0.25) is 4.90 Å². The van der Waals surface area contributed by atoms with Gasteiger partial charge in [-0.25, -0.2) is 0 Å². The Labute approximate surface area is 100 Å². The van der Waals surface area contributed by atoms with Crippen LogP contribution in [0.3, 0.4) is 0 Å². The summed E-state index contributed by atoms with van der Waals surface area (Å²) in [7, 11) is 0. The zero-order valence-corrected chi connectivity index (χ0v) is 11.1. The molecule has 0 spiro atoms. The molecule has 3 atom stereocenters. The first-order valence-electron chi connectivity index (χ1n) is 6.76. The molecule has 0 aromatic rings. The second-order valence-electron chi connectivity index (χ2n) is 5.10. The molecule has 0 aromatic heterocycles. The van der Waals surface area contributed by atoms with Crippen molar-refractivity contribution in [2.24, 2.45) is 11.7 Å². The molecule has 1 saturated heterocycles. The van der Waals surface area contributed by atoms with Gasteiger partial charge in [0.15, 0.2) is 0 Å². The van der Waals surface area contributed by atoms with E-state index >= 15 is 0 Å². The fourth-order valence-corrected chi connectivity index (χ4v) is 2.50. The maximum atomic E-state index is 6.24. The van der Waals surface area contributed by atoms with Crippen LogP contribution < -0.4 is 5.73 Å². The van der Waals surface area contributed by atoms with E-state index in [9.17, 15) is 0 Å². The molecule has 2 N–H and O–H groups in total. The lowest BCUT2D eigenvalue weighted by Gasteiger charge is -2.35. The molecule has 3 unspecified atom stereocenters. The molecule has 96 valence electrons. The molecule has 0 aromatic carbocycles. The summed E-state index contributed by atoms with van der Waals surface area (Å²) in [6.07, 6.45) is 3.86. The Balaban J connectivity index is 2.32. The molecule has 0 saturated carbocycles. The number of ether oxygens (including phenoxy) is 1. The molecule has 16 heavy (non-hydrogen) atoms. The van der Waals surface area contributed by atoms with Crippen LogP contribution in [0.4, 0.5) is 0 Å². The molecule has 1 rings (SSSR count). The molecule has 1 heterocycles. The Kier molecular flexibility index (Phi) is 6.32. The molecule has 0 bridgehead atoms. The summed E-state index contributed by atoms with van der Waals surface area (Å²) in [5.74, 6) is 0.723. The van der Waals surface area contributed by atoms with Crippen LogP contribution in [0, 0.1) is 5.92 Å². The lowest BCUT2D eigenvalue weighted by atomic mass is 9.94. The molecular weight excluding hydrogens is 200 g/mol. The van der Waals surface area contributed by atoms with Gasteiger partial charge in [0.1, 0.15) is 0 Å². The van der Waals surface area contributed by atoms with Gasteiger partial charge in [0.2, 0.25) is 0 Å². The van der Waals surface area contributed by atoms with Gasteiger partial charge in [-0.05, 0) is 18.9 Å². The van der Waals surface area contributed by atoms with Crippen LogP contribution in [0.1, 0.15) is 40.0 Å². The topological polar surface area (TPSA) is 38.5 Å². The summed E-state index contributed by atoms with van der Waals surface area (Å²) >= 11 is 0. The fourth-order valence-electron chi connectivity index (χ4n) is 2.50. The van der Waals surface area contributed by atoms with Gasteiger partial charge in [-0.2, -0.15) is 0 Å². The highest BCUT2D eigenvalue weighted by Crippen LogP contribution is 2.17. The molecule has 0 amide bonds. The highest BCUT2D eigenvalue weighted by Gasteiger charge is 2.25. The monoisotopic (exact) mass is 228 g/mol. The van der Waals surface area contributed by atoms with Crippen LogP contribution in [-0.2, 0) is 4.74 Å². The van der Waals surface area contributed by atoms with Crippen molar-refractivity contribution in [3.05, 3.63) is 0 Å². The van der Waals surface area contributed by atoms with Crippen molar-refractivity contribution in [3.8, 4) is 0 Å². The van der Waals surface area contributed by atoms with Gasteiger partial charge >= 0.3 is 0 Å². The normalized spacial score (nSPS) is 26.6. The van der Waals surface area contributed by atoms with Gasteiger partial charge in [-0.1, -0.05) is 33.6 Å². The Morgan fingerprint density at radius 3 is 2.81 bits per heavy atom. The van der Waals surface area contributed by atoms with E-state index in [1.165, 1.54) is 12.8 Å². The number of rotatable bonds is 6. The van der Waals surface area contributed by atoms with Crippen LogP contribution in [0.5, 0.6) is 0 Å². The van der Waals surface area contributed by atoms with Crippen molar-refractivity contribution >= 4 is 0 Å². The van der Waals surface area contributed by atoms with Crippen LogP contribution in [-0.4, -0.2) is 43.3 Å². The van der Waals surface area contributed by atoms with E-state index in [1.807, 2.05) is 0 Å². The molecule has 1 aliphatic rings. The standard InChI is InChI=1S/C13H28N2O/c1-4-6-11(3)9-12(14)13-10-15(5-2)7-8-16-13/h11-13H,4-10,14H2,1-3H3. The predicted molar refractivity (Wildman–Crippen MR) is 68.5 cm³/mol. The molecule has 1 aliphatic heterocycles. The average molecular weight is 228 g/mol. The maximum absolute atomic E-state index is 6.24. The first kappa shape index (κ1) is 13.9. The number of hydrogen-bond donors (Lipinski definition) is 1. The van der Waals surface area contributed by atoms with Gasteiger partial charge in [0.25, 0.3) is 0 Å². The molecule has 0 aliphatic carbocycles. The van der Waals surface area contributed by atoms with Crippen LogP contribution in [0.25, 0.3) is 0 Å².